The molecule has 0 saturated heterocycles. The second kappa shape index (κ2) is 5.28. The molecule has 0 amide bonds. The third kappa shape index (κ3) is 4.30. The number of carbonyl (C=O) groups excluding carboxylic acids is 2. The van der Waals surface area contributed by atoms with Gasteiger partial charge in [-0.3, -0.25) is 4.79 Å². The van der Waals surface area contributed by atoms with Gasteiger partial charge in [-0.1, -0.05) is 6.92 Å². The van der Waals surface area contributed by atoms with Gasteiger partial charge in [0.05, 0.1) is 0 Å². The van der Waals surface area contributed by atoms with E-state index in [2.05, 4.69) is 0 Å². The average Bonchev–Trinajstić information content (AvgIpc) is 1.62. The first-order chi connectivity index (χ1) is 3.85. The van der Waals surface area contributed by atoms with Gasteiger partial charge in [-0.05, 0) is 0 Å². The summed E-state index contributed by atoms with van der Waals surface area (Å²) in [5.41, 5.74) is 0. The van der Waals surface area contributed by atoms with Crippen LogP contribution in [0, 0.1) is 0 Å². The number of hydrogen-bond donors (Lipinski definition) is 0. The summed E-state index contributed by atoms with van der Waals surface area (Å²) in [4.78, 5) is 19.8. The fourth-order valence-corrected chi connectivity index (χ4v) is 0.102. The number of carboxylic acid groups (broad SMARTS) is 1. The summed E-state index contributed by atoms with van der Waals surface area (Å²) in [5.74, 6) is -3.51. The normalized spacial score (nSPS) is 12.6. The molecule has 0 spiro atoms. The molecule has 0 aromatic heterocycles. The standard InChI is InChI=1S/C4H6O3.Na/c1-2-3(5)4(6)7;/h2H2,1H3,(H,6,7);/q;+1/p-1/i2D2;. The molecule has 0 atom stereocenters. The number of Topliss-reactive ketones (excluding diaryl/α,β-unsaturated/α-hetero) is 1. The summed E-state index contributed by atoms with van der Waals surface area (Å²) in [7, 11) is 0. The van der Waals surface area contributed by atoms with Crippen molar-refractivity contribution in [1.82, 2.24) is 0 Å². The van der Waals surface area contributed by atoms with Crippen LogP contribution >= 0.6 is 0 Å². The number of carbonyl (C=O) groups is 2. The molecule has 0 fully saturated rings. The van der Waals surface area contributed by atoms with Crippen LogP contribution in [0.3, 0.4) is 0 Å². The molecule has 0 bridgehead atoms. The van der Waals surface area contributed by atoms with Gasteiger partial charge in [0, 0.05) is 9.11 Å². The van der Waals surface area contributed by atoms with Crippen molar-refractivity contribution >= 4 is 11.8 Å². The Morgan fingerprint density at radius 2 is 2.12 bits per heavy atom. The monoisotopic (exact) mass is 126 g/mol. The van der Waals surface area contributed by atoms with Crippen molar-refractivity contribution in [2.75, 3.05) is 0 Å². The zero-order valence-electron chi connectivity index (χ0n) is 6.72. The zero-order valence-corrected chi connectivity index (χ0v) is 6.72. The Morgan fingerprint density at radius 1 is 1.75 bits per heavy atom. The van der Waals surface area contributed by atoms with E-state index in [1.165, 1.54) is 0 Å². The van der Waals surface area contributed by atoms with Crippen molar-refractivity contribution in [3.63, 3.8) is 0 Å². The predicted octanol–water partition coefficient (Wildman–Crippen LogP) is -4.28. The number of carboxylic acids is 1. The maximum atomic E-state index is 10.1. The summed E-state index contributed by atoms with van der Waals surface area (Å²) in [6, 6.07) is 0. The van der Waals surface area contributed by atoms with Crippen LogP contribution in [0.25, 0.3) is 0 Å². The molecule has 0 aliphatic rings. The molecule has 0 rings (SSSR count). The van der Waals surface area contributed by atoms with Crippen molar-refractivity contribution in [2.45, 2.75) is 13.3 Å². The predicted molar refractivity (Wildman–Crippen MR) is 20.3 cm³/mol. The Labute approximate surface area is 72.2 Å². The Bertz CT molecular complexity index is 151. The van der Waals surface area contributed by atoms with Crippen LogP contribution in [0.1, 0.15) is 16.0 Å². The van der Waals surface area contributed by atoms with Gasteiger partial charge in [0.25, 0.3) is 0 Å². The van der Waals surface area contributed by atoms with E-state index in [0.29, 0.717) is 0 Å². The van der Waals surface area contributed by atoms with Gasteiger partial charge in [0.1, 0.15) is 5.97 Å². The molecule has 0 heterocycles. The summed E-state index contributed by atoms with van der Waals surface area (Å²) < 4.78 is 13.1. The first-order valence-electron chi connectivity index (χ1n) is 2.61. The minimum absolute atomic E-state index is 0. The van der Waals surface area contributed by atoms with Crippen molar-refractivity contribution < 1.29 is 47.0 Å². The third-order valence-corrected chi connectivity index (χ3v) is 0.412. The Balaban J connectivity index is 0. The van der Waals surface area contributed by atoms with Crippen molar-refractivity contribution in [3.8, 4) is 0 Å². The summed E-state index contributed by atoms with van der Waals surface area (Å²) in [5, 5.41) is 9.65. The van der Waals surface area contributed by atoms with Gasteiger partial charge in [-0.25, -0.2) is 0 Å². The summed E-state index contributed by atoms with van der Waals surface area (Å²) >= 11 is 0. The molecule has 0 aromatic carbocycles. The third-order valence-electron chi connectivity index (χ3n) is 0.412. The van der Waals surface area contributed by atoms with E-state index < -0.39 is 18.1 Å². The van der Waals surface area contributed by atoms with E-state index in [1.807, 2.05) is 0 Å². The first-order valence-corrected chi connectivity index (χ1v) is 1.61. The second-order valence-corrected chi connectivity index (χ2v) is 0.867. The molecular weight excluding hydrogens is 119 g/mol. The first kappa shape index (κ1) is 6.26. The molecule has 4 heteroatoms. The largest absolute Gasteiger partial charge is 1.00 e. The Kier molecular flexibility index (Phi) is 4.13. The van der Waals surface area contributed by atoms with Gasteiger partial charge in [-0.15, -0.1) is 0 Å². The smallest absolute Gasteiger partial charge is 0.542 e. The van der Waals surface area contributed by atoms with Crippen LogP contribution in [-0.2, 0) is 9.59 Å². The molecule has 8 heavy (non-hydrogen) atoms. The van der Waals surface area contributed by atoms with E-state index in [0.717, 1.165) is 6.92 Å². The molecule has 0 aliphatic carbocycles. The second-order valence-electron chi connectivity index (χ2n) is 0.867. The van der Waals surface area contributed by atoms with E-state index in [-0.39, 0.29) is 29.6 Å². The average molecular weight is 126 g/mol. The fraction of sp³-hybridized carbons (Fsp3) is 0.500. The topological polar surface area (TPSA) is 57.2 Å². The van der Waals surface area contributed by atoms with Crippen molar-refractivity contribution in [1.29, 1.82) is 0 Å². The van der Waals surface area contributed by atoms with E-state index in [1.54, 1.807) is 0 Å². The minimum Gasteiger partial charge on any atom is -0.542 e. The molecule has 0 N–H and O–H groups in total. The molecule has 0 unspecified atom stereocenters. The zero-order chi connectivity index (χ0) is 7.65. The Morgan fingerprint density at radius 3 is 2.12 bits per heavy atom. The minimum atomic E-state index is -2.32. The van der Waals surface area contributed by atoms with E-state index in [9.17, 15) is 14.7 Å². The van der Waals surface area contributed by atoms with Crippen LogP contribution in [-0.4, -0.2) is 11.8 Å². The van der Waals surface area contributed by atoms with Crippen LogP contribution in [0.15, 0.2) is 0 Å². The number of rotatable bonds is 2. The maximum Gasteiger partial charge on any atom is 1.00 e. The fourth-order valence-electron chi connectivity index (χ4n) is 0.102. The van der Waals surface area contributed by atoms with Crippen LogP contribution in [0.5, 0.6) is 0 Å². The van der Waals surface area contributed by atoms with Crippen LogP contribution in [0.4, 0.5) is 0 Å². The van der Waals surface area contributed by atoms with Crippen LogP contribution < -0.4 is 34.7 Å². The quantitative estimate of drug-likeness (QED) is 0.278. The maximum absolute atomic E-state index is 10.1. The summed E-state index contributed by atoms with van der Waals surface area (Å²) in [6.07, 6.45) is -2.32. The summed E-state index contributed by atoms with van der Waals surface area (Å²) in [6.45, 7) is 0.866. The number of hydrogen-bond acceptors (Lipinski definition) is 3. The molecule has 0 aliphatic heterocycles. The van der Waals surface area contributed by atoms with Gasteiger partial charge < -0.3 is 9.90 Å². The molecular formula is C4H5NaO3. The SMILES string of the molecule is [2H]C([2H])(C)C(=O)C(=O)[O-].[Na+]. The van der Waals surface area contributed by atoms with Gasteiger partial charge in [0.15, 0.2) is 5.78 Å². The number of ketones is 1. The van der Waals surface area contributed by atoms with Gasteiger partial charge in [-0.2, -0.15) is 0 Å². The molecule has 0 radical (unpaired) electrons. The molecule has 0 saturated carbocycles. The van der Waals surface area contributed by atoms with Crippen molar-refractivity contribution in [3.05, 3.63) is 0 Å². The molecule has 0 aromatic rings. The van der Waals surface area contributed by atoms with E-state index >= 15 is 0 Å². The number of aliphatic carboxylic acids is 1. The molecule has 40 valence electrons. The molecule has 3 nitrogen and oxygen atoms in total. The van der Waals surface area contributed by atoms with Gasteiger partial charge in [0.2, 0.25) is 0 Å². The van der Waals surface area contributed by atoms with Crippen molar-refractivity contribution in [2.24, 2.45) is 0 Å². The van der Waals surface area contributed by atoms with Gasteiger partial charge >= 0.3 is 29.6 Å². The van der Waals surface area contributed by atoms with Crippen LogP contribution in [0.2, 0.25) is 0 Å². The Hall–Kier alpha value is 0.140. The van der Waals surface area contributed by atoms with E-state index in [4.69, 9.17) is 2.74 Å².